The third kappa shape index (κ3) is 5.27. The molecule has 0 saturated heterocycles. The minimum absolute atomic E-state index is 0.937. The number of nitrogens with one attached hydrogen (secondary N) is 1. The summed E-state index contributed by atoms with van der Waals surface area (Å²) in [5, 5.41) is 3.43. The zero-order valence-electron chi connectivity index (χ0n) is 11.4. The molecule has 2 aromatic carbocycles. The van der Waals surface area contributed by atoms with Gasteiger partial charge in [0.2, 0.25) is 0 Å². The standard InChI is InChI=1S/C16H18Br2N2/c1-20(12-13-3-2-4-15(18)11-13)10-9-19-16-7-5-14(17)6-8-16/h2-8,11,19H,9-10,12H2,1H3. The minimum atomic E-state index is 0.937. The van der Waals surface area contributed by atoms with Crippen molar-refractivity contribution in [3.05, 3.63) is 63.0 Å². The molecule has 20 heavy (non-hydrogen) atoms. The SMILES string of the molecule is CN(CCNc1ccc(Br)cc1)Cc1cccc(Br)c1. The molecule has 0 spiro atoms. The fourth-order valence-electron chi connectivity index (χ4n) is 1.98. The molecular formula is C16H18Br2N2. The van der Waals surface area contributed by atoms with E-state index in [1.54, 1.807) is 0 Å². The lowest BCUT2D eigenvalue weighted by Gasteiger charge is -2.17. The van der Waals surface area contributed by atoms with Gasteiger partial charge in [-0.15, -0.1) is 0 Å². The van der Waals surface area contributed by atoms with E-state index < -0.39 is 0 Å². The van der Waals surface area contributed by atoms with Crippen molar-refractivity contribution in [2.45, 2.75) is 6.54 Å². The quantitative estimate of drug-likeness (QED) is 0.756. The summed E-state index contributed by atoms with van der Waals surface area (Å²) in [5.41, 5.74) is 2.48. The van der Waals surface area contributed by atoms with Gasteiger partial charge in [0, 0.05) is 34.3 Å². The smallest absolute Gasteiger partial charge is 0.0341 e. The number of benzene rings is 2. The van der Waals surface area contributed by atoms with E-state index in [9.17, 15) is 0 Å². The summed E-state index contributed by atoms with van der Waals surface area (Å²) in [6.07, 6.45) is 0. The Labute approximate surface area is 137 Å². The van der Waals surface area contributed by atoms with Gasteiger partial charge in [0.05, 0.1) is 0 Å². The molecule has 2 nitrogen and oxygen atoms in total. The van der Waals surface area contributed by atoms with Crippen LogP contribution in [0.2, 0.25) is 0 Å². The van der Waals surface area contributed by atoms with Crippen molar-refractivity contribution >= 4 is 37.5 Å². The van der Waals surface area contributed by atoms with E-state index in [1.165, 1.54) is 5.56 Å². The molecule has 2 aromatic rings. The molecule has 0 radical (unpaired) electrons. The van der Waals surface area contributed by atoms with Gasteiger partial charge in [-0.25, -0.2) is 0 Å². The second-order valence-corrected chi connectivity index (χ2v) is 6.63. The van der Waals surface area contributed by atoms with Gasteiger partial charge in [-0.1, -0.05) is 44.0 Å². The summed E-state index contributed by atoms with van der Waals surface area (Å²) < 4.78 is 2.24. The van der Waals surface area contributed by atoms with Gasteiger partial charge in [-0.05, 0) is 49.0 Å². The lowest BCUT2D eigenvalue weighted by atomic mass is 10.2. The van der Waals surface area contributed by atoms with E-state index in [2.05, 4.69) is 85.5 Å². The minimum Gasteiger partial charge on any atom is -0.384 e. The van der Waals surface area contributed by atoms with Crippen LogP contribution in [-0.4, -0.2) is 25.0 Å². The lowest BCUT2D eigenvalue weighted by molar-refractivity contribution is 0.340. The Morgan fingerprint density at radius 2 is 1.75 bits per heavy atom. The molecule has 0 aliphatic rings. The molecule has 0 amide bonds. The first-order chi connectivity index (χ1) is 9.63. The average molecular weight is 398 g/mol. The van der Waals surface area contributed by atoms with Crippen molar-refractivity contribution in [3.8, 4) is 0 Å². The summed E-state index contributed by atoms with van der Waals surface area (Å²) in [5.74, 6) is 0. The summed E-state index contributed by atoms with van der Waals surface area (Å²) in [7, 11) is 2.14. The second kappa shape index (κ2) is 7.81. The molecule has 2 rings (SSSR count). The Hall–Kier alpha value is -0.840. The molecule has 0 fully saturated rings. The topological polar surface area (TPSA) is 15.3 Å². The highest BCUT2D eigenvalue weighted by Crippen LogP contribution is 2.14. The molecule has 1 N–H and O–H groups in total. The van der Waals surface area contributed by atoms with Gasteiger partial charge in [0.1, 0.15) is 0 Å². The Morgan fingerprint density at radius 1 is 1.00 bits per heavy atom. The zero-order valence-corrected chi connectivity index (χ0v) is 14.6. The number of anilines is 1. The third-order valence-corrected chi connectivity index (χ3v) is 4.03. The average Bonchev–Trinajstić information content (AvgIpc) is 2.41. The predicted molar refractivity (Wildman–Crippen MR) is 93.1 cm³/mol. The van der Waals surface area contributed by atoms with E-state index in [0.29, 0.717) is 0 Å². The first kappa shape index (κ1) is 15.5. The molecule has 106 valence electrons. The van der Waals surface area contributed by atoms with Gasteiger partial charge in [-0.2, -0.15) is 0 Å². The summed E-state index contributed by atoms with van der Waals surface area (Å²) in [4.78, 5) is 2.31. The maximum atomic E-state index is 3.51. The lowest BCUT2D eigenvalue weighted by Crippen LogP contribution is -2.24. The molecule has 4 heteroatoms. The summed E-state index contributed by atoms with van der Waals surface area (Å²) >= 11 is 6.95. The first-order valence-electron chi connectivity index (χ1n) is 6.56. The van der Waals surface area contributed by atoms with Crippen molar-refractivity contribution in [3.63, 3.8) is 0 Å². The highest BCUT2D eigenvalue weighted by atomic mass is 79.9. The Bertz CT molecular complexity index is 540. The van der Waals surface area contributed by atoms with Crippen LogP contribution in [0.3, 0.4) is 0 Å². The number of hydrogen-bond donors (Lipinski definition) is 1. The van der Waals surface area contributed by atoms with Crippen LogP contribution < -0.4 is 5.32 Å². The van der Waals surface area contributed by atoms with E-state index in [0.717, 1.165) is 34.3 Å². The molecule has 0 aliphatic carbocycles. The van der Waals surface area contributed by atoms with Crippen LogP contribution in [0.4, 0.5) is 5.69 Å². The van der Waals surface area contributed by atoms with Gasteiger partial charge >= 0.3 is 0 Å². The molecule has 0 aliphatic heterocycles. The largest absolute Gasteiger partial charge is 0.384 e. The molecule has 0 bridgehead atoms. The molecule has 0 atom stereocenters. The van der Waals surface area contributed by atoms with E-state index >= 15 is 0 Å². The number of halogens is 2. The number of likely N-dealkylation sites (N-methyl/N-ethyl adjacent to an activating group) is 1. The molecule has 0 aromatic heterocycles. The van der Waals surface area contributed by atoms with E-state index in [-0.39, 0.29) is 0 Å². The number of nitrogens with zero attached hydrogens (tertiary/aromatic N) is 1. The highest BCUT2D eigenvalue weighted by Gasteiger charge is 2.01. The third-order valence-electron chi connectivity index (χ3n) is 3.01. The van der Waals surface area contributed by atoms with Crippen molar-refractivity contribution in [1.82, 2.24) is 4.90 Å². The second-order valence-electron chi connectivity index (χ2n) is 4.80. The normalized spacial score (nSPS) is 10.8. The van der Waals surface area contributed by atoms with Crippen molar-refractivity contribution in [1.29, 1.82) is 0 Å². The number of hydrogen-bond acceptors (Lipinski definition) is 2. The van der Waals surface area contributed by atoms with Crippen molar-refractivity contribution < 1.29 is 0 Å². The van der Waals surface area contributed by atoms with Crippen LogP contribution in [0.5, 0.6) is 0 Å². The Morgan fingerprint density at radius 3 is 2.45 bits per heavy atom. The van der Waals surface area contributed by atoms with Crippen LogP contribution in [-0.2, 0) is 6.54 Å². The zero-order chi connectivity index (χ0) is 14.4. The predicted octanol–water partition coefficient (Wildman–Crippen LogP) is 4.76. The fraction of sp³-hybridized carbons (Fsp3) is 0.250. The Kier molecular flexibility index (Phi) is 6.07. The van der Waals surface area contributed by atoms with Gasteiger partial charge in [0.15, 0.2) is 0 Å². The van der Waals surface area contributed by atoms with Gasteiger partial charge in [-0.3, -0.25) is 0 Å². The van der Waals surface area contributed by atoms with E-state index in [4.69, 9.17) is 0 Å². The van der Waals surface area contributed by atoms with Crippen LogP contribution >= 0.6 is 31.9 Å². The maximum Gasteiger partial charge on any atom is 0.0341 e. The molecule has 0 heterocycles. The maximum absolute atomic E-state index is 3.51. The molecule has 0 saturated carbocycles. The monoisotopic (exact) mass is 396 g/mol. The van der Waals surface area contributed by atoms with Crippen LogP contribution in [0, 0.1) is 0 Å². The van der Waals surface area contributed by atoms with Crippen molar-refractivity contribution in [2.24, 2.45) is 0 Å². The number of rotatable bonds is 6. The highest BCUT2D eigenvalue weighted by molar-refractivity contribution is 9.10. The summed E-state index contributed by atoms with van der Waals surface area (Å²) in [6, 6.07) is 16.7. The fourth-order valence-corrected chi connectivity index (χ4v) is 2.70. The van der Waals surface area contributed by atoms with E-state index in [1.807, 2.05) is 12.1 Å². The molecular weight excluding hydrogens is 380 g/mol. The molecule has 0 unspecified atom stereocenters. The van der Waals surface area contributed by atoms with Crippen molar-refractivity contribution in [2.75, 3.05) is 25.5 Å². The van der Waals surface area contributed by atoms with Gasteiger partial charge in [0.25, 0.3) is 0 Å². The first-order valence-corrected chi connectivity index (χ1v) is 8.14. The van der Waals surface area contributed by atoms with Crippen LogP contribution in [0.1, 0.15) is 5.56 Å². The Balaban J connectivity index is 1.75. The van der Waals surface area contributed by atoms with Gasteiger partial charge < -0.3 is 10.2 Å². The summed E-state index contributed by atoms with van der Waals surface area (Å²) in [6.45, 7) is 2.90. The van der Waals surface area contributed by atoms with Crippen LogP contribution in [0.15, 0.2) is 57.5 Å². The van der Waals surface area contributed by atoms with Crippen LogP contribution in [0.25, 0.3) is 0 Å².